The maximum absolute atomic E-state index is 12.3. The normalized spacial score (nSPS) is 12.1. The van der Waals surface area contributed by atoms with Crippen LogP contribution in [0.15, 0.2) is 54.7 Å². The Morgan fingerprint density at radius 1 is 1.17 bits per heavy atom. The Morgan fingerprint density at radius 2 is 1.96 bits per heavy atom. The molecule has 3 aromatic rings. The van der Waals surface area contributed by atoms with Gasteiger partial charge in [-0.25, -0.2) is 0 Å². The Labute approximate surface area is 144 Å². The zero-order valence-corrected chi connectivity index (χ0v) is 13.8. The van der Waals surface area contributed by atoms with Crippen LogP contribution in [-0.2, 0) is 16.0 Å². The van der Waals surface area contributed by atoms with Crippen LogP contribution in [0.1, 0.15) is 22.8 Å². The molecule has 0 amide bonds. The molecule has 1 N–H and O–H groups in total. The fraction of sp³-hybridized carbons (Fsp3) is 0.158. The van der Waals surface area contributed by atoms with Crippen LogP contribution in [0.3, 0.4) is 0 Å². The molecule has 1 atom stereocenters. The molecule has 0 aliphatic carbocycles. The number of benzene rings is 2. The number of nitrogens with one attached hydrogen (secondary N) is 1. The lowest BCUT2D eigenvalue weighted by molar-refractivity contribution is -0.145. The van der Waals surface area contributed by atoms with Crippen molar-refractivity contribution >= 4 is 34.3 Å². The van der Waals surface area contributed by atoms with Crippen LogP contribution in [-0.4, -0.2) is 22.8 Å². The predicted octanol–water partition coefficient (Wildman–Crippen LogP) is 4.18. The van der Waals surface area contributed by atoms with Crippen molar-refractivity contribution in [2.75, 3.05) is 0 Å². The smallest absolute Gasteiger partial charge is 0.311 e. The minimum Gasteiger partial charge on any atom is -0.454 e. The number of aromatic amines is 1. The Bertz CT molecular complexity index is 900. The summed E-state index contributed by atoms with van der Waals surface area (Å²) in [6.07, 6.45) is 1.04. The highest BCUT2D eigenvalue weighted by atomic mass is 35.5. The lowest BCUT2D eigenvalue weighted by atomic mass is 10.1. The third kappa shape index (κ3) is 3.49. The van der Waals surface area contributed by atoms with Crippen molar-refractivity contribution in [3.8, 4) is 0 Å². The second kappa shape index (κ2) is 6.89. The number of hydrogen-bond acceptors (Lipinski definition) is 3. The van der Waals surface area contributed by atoms with Gasteiger partial charge in [-0.1, -0.05) is 41.9 Å². The summed E-state index contributed by atoms with van der Waals surface area (Å²) in [5.74, 6) is -0.715. The molecule has 0 radical (unpaired) electrons. The first kappa shape index (κ1) is 16.3. The van der Waals surface area contributed by atoms with Gasteiger partial charge in [0.2, 0.25) is 5.78 Å². The Balaban J connectivity index is 1.67. The van der Waals surface area contributed by atoms with Crippen molar-refractivity contribution < 1.29 is 14.3 Å². The maximum Gasteiger partial charge on any atom is 0.311 e. The number of ketones is 1. The number of carbonyl (C=O) groups is 2. The fourth-order valence-electron chi connectivity index (χ4n) is 2.60. The molecule has 0 unspecified atom stereocenters. The van der Waals surface area contributed by atoms with E-state index in [1.165, 1.54) is 0 Å². The summed E-state index contributed by atoms with van der Waals surface area (Å²) < 4.78 is 5.28. The number of aromatic nitrogens is 1. The molecular weight excluding hydrogens is 326 g/mol. The molecule has 0 fully saturated rings. The van der Waals surface area contributed by atoms with Gasteiger partial charge in [0.05, 0.1) is 6.42 Å². The molecule has 0 bridgehead atoms. The zero-order valence-electron chi connectivity index (χ0n) is 13.1. The number of ether oxygens (including phenoxy) is 1. The lowest BCUT2D eigenvalue weighted by Crippen LogP contribution is -2.25. The van der Waals surface area contributed by atoms with Crippen molar-refractivity contribution in [3.05, 3.63) is 70.9 Å². The van der Waals surface area contributed by atoms with E-state index in [1.807, 2.05) is 24.3 Å². The van der Waals surface area contributed by atoms with E-state index in [-0.39, 0.29) is 12.2 Å². The minimum absolute atomic E-state index is 0.108. The van der Waals surface area contributed by atoms with Gasteiger partial charge in [0.25, 0.3) is 0 Å². The van der Waals surface area contributed by atoms with Gasteiger partial charge in [0, 0.05) is 27.7 Å². The molecule has 24 heavy (non-hydrogen) atoms. The molecule has 122 valence electrons. The number of H-pyrrole nitrogens is 1. The van der Waals surface area contributed by atoms with E-state index < -0.39 is 12.1 Å². The monoisotopic (exact) mass is 341 g/mol. The number of halogens is 1. The van der Waals surface area contributed by atoms with E-state index >= 15 is 0 Å². The van der Waals surface area contributed by atoms with Gasteiger partial charge in [-0.05, 0) is 30.7 Å². The van der Waals surface area contributed by atoms with E-state index in [9.17, 15) is 9.59 Å². The highest BCUT2D eigenvalue weighted by Crippen LogP contribution is 2.19. The fourth-order valence-corrected chi connectivity index (χ4v) is 2.79. The SMILES string of the molecule is C[C@@H](OC(=O)Cc1c[nH]c2ccccc12)C(=O)c1cccc(Cl)c1. The van der Waals surface area contributed by atoms with Crippen LogP contribution >= 0.6 is 11.6 Å². The molecule has 0 spiro atoms. The number of fused-ring (bicyclic) bond motifs is 1. The first-order chi connectivity index (χ1) is 11.5. The van der Waals surface area contributed by atoms with Gasteiger partial charge in [-0.15, -0.1) is 0 Å². The molecule has 1 aromatic heterocycles. The number of hydrogen-bond donors (Lipinski definition) is 1. The van der Waals surface area contributed by atoms with Crippen molar-refractivity contribution in [1.82, 2.24) is 4.98 Å². The topological polar surface area (TPSA) is 59.2 Å². The Morgan fingerprint density at radius 3 is 2.75 bits per heavy atom. The van der Waals surface area contributed by atoms with E-state index in [2.05, 4.69) is 4.98 Å². The van der Waals surface area contributed by atoms with E-state index in [0.717, 1.165) is 16.5 Å². The molecule has 4 nitrogen and oxygen atoms in total. The molecule has 0 aliphatic rings. The highest BCUT2D eigenvalue weighted by Gasteiger charge is 2.20. The van der Waals surface area contributed by atoms with E-state index in [1.54, 1.807) is 37.4 Å². The summed E-state index contributed by atoms with van der Waals surface area (Å²) in [5, 5.41) is 1.45. The van der Waals surface area contributed by atoms with Crippen LogP contribution in [0.5, 0.6) is 0 Å². The number of carbonyl (C=O) groups excluding carboxylic acids is 2. The van der Waals surface area contributed by atoms with Crippen LogP contribution in [0.2, 0.25) is 5.02 Å². The van der Waals surface area contributed by atoms with E-state index in [4.69, 9.17) is 16.3 Å². The highest BCUT2D eigenvalue weighted by molar-refractivity contribution is 6.31. The average molecular weight is 342 g/mol. The first-order valence-electron chi connectivity index (χ1n) is 7.59. The summed E-state index contributed by atoms with van der Waals surface area (Å²) in [4.78, 5) is 27.6. The van der Waals surface area contributed by atoms with E-state index in [0.29, 0.717) is 10.6 Å². The molecule has 0 saturated carbocycles. The number of para-hydroxylation sites is 1. The summed E-state index contributed by atoms with van der Waals surface area (Å²) >= 11 is 5.89. The summed E-state index contributed by atoms with van der Waals surface area (Å²) in [5.41, 5.74) is 2.23. The van der Waals surface area contributed by atoms with Crippen LogP contribution in [0.25, 0.3) is 10.9 Å². The first-order valence-corrected chi connectivity index (χ1v) is 7.96. The zero-order chi connectivity index (χ0) is 17.1. The van der Waals surface area contributed by atoms with Crippen LogP contribution in [0.4, 0.5) is 0 Å². The standard InChI is InChI=1S/C19H16ClNO3/c1-12(19(23)13-5-4-6-15(20)9-13)24-18(22)10-14-11-21-17-8-3-2-7-16(14)17/h2-9,11-12,21H,10H2,1H3/t12-/m1/s1. The van der Waals surface area contributed by atoms with Gasteiger partial charge in [-0.2, -0.15) is 0 Å². The molecule has 5 heteroatoms. The molecule has 2 aromatic carbocycles. The van der Waals surface area contributed by atoms with Gasteiger partial charge in [0.1, 0.15) is 0 Å². The minimum atomic E-state index is -0.860. The third-order valence-electron chi connectivity index (χ3n) is 3.80. The Kier molecular flexibility index (Phi) is 4.67. The van der Waals surface area contributed by atoms with Crippen molar-refractivity contribution in [2.45, 2.75) is 19.4 Å². The van der Waals surface area contributed by atoms with Crippen LogP contribution < -0.4 is 0 Å². The lowest BCUT2D eigenvalue weighted by Gasteiger charge is -2.12. The second-order valence-electron chi connectivity index (χ2n) is 5.54. The van der Waals surface area contributed by atoms with Gasteiger partial charge >= 0.3 is 5.97 Å². The molecular formula is C19H16ClNO3. The Hall–Kier alpha value is -2.59. The average Bonchev–Trinajstić information content (AvgIpc) is 2.97. The number of esters is 1. The van der Waals surface area contributed by atoms with Crippen molar-refractivity contribution in [2.24, 2.45) is 0 Å². The number of rotatable bonds is 5. The quantitative estimate of drug-likeness (QED) is 0.559. The molecule has 3 rings (SSSR count). The molecule has 0 aliphatic heterocycles. The maximum atomic E-state index is 12.3. The molecule has 0 saturated heterocycles. The van der Waals surface area contributed by atoms with Crippen molar-refractivity contribution in [3.63, 3.8) is 0 Å². The third-order valence-corrected chi connectivity index (χ3v) is 4.03. The summed E-state index contributed by atoms with van der Waals surface area (Å²) in [6, 6.07) is 14.3. The molecule has 1 heterocycles. The predicted molar refractivity (Wildman–Crippen MR) is 93.3 cm³/mol. The summed E-state index contributed by atoms with van der Waals surface area (Å²) in [7, 11) is 0. The number of Topliss-reactive ketones (excluding diaryl/α,β-unsaturated/α-hetero) is 1. The summed E-state index contributed by atoms with van der Waals surface area (Å²) in [6.45, 7) is 1.57. The largest absolute Gasteiger partial charge is 0.454 e. The van der Waals surface area contributed by atoms with Gasteiger partial charge in [-0.3, -0.25) is 9.59 Å². The van der Waals surface area contributed by atoms with Crippen molar-refractivity contribution in [1.29, 1.82) is 0 Å². The van der Waals surface area contributed by atoms with Gasteiger partial charge in [0.15, 0.2) is 6.10 Å². The second-order valence-corrected chi connectivity index (χ2v) is 5.98. The van der Waals surface area contributed by atoms with Gasteiger partial charge < -0.3 is 9.72 Å². The van der Waals surface area contributed by atoms with Crippen LogP contribution in [0, 0.1) is 0 Å².